The molecule has 5 heteroatoms. The van der Waals surface area contributed by atoms with Crippen LogP contribution in [-0.2, 0) is 11.2 Å². The van der Waals surface area contributed by atoms with Crippen molar-refractivity contribution >= 4 is 11.6 Å². The van der Waals surface area contributed by atoms with Crippen LogP contribution in [-0.4, -0.2) is 28.3 Å². The van der Waals surface area contributed by atoms with Crippen LogP contribution in [0.5, 0.6) is 5.75 Å². The Bertz CT molecular complexity index is 851. The third kappa shape index (κ3) is 3.47. The van der Waals surface area contributed by atoms with E-state index in [0.29, 0.717) is 18.6 Å². The molecule has 0 saturated heterocycles. The van der Waals surface area contributed by atoms with Crippen molar-refractivity contribution < 1.29 is 9.53 Å². The number of nitrogens with zero attached hydrogens (tertiary/aromatic N) is 3. The highest BCUT2D eigenvalue weighted by Crippen LogP contribution is 2.44. The lowest BCUT2D eigenvalue weighted by atomic mass is 9.92. The molecule has 2 aliphatic rings. The van der Waals surface area contributed by atoms with Crippen LogP contribution in [0.3, 0.4) is 0 Å². The van der Waals surface area contributed by atoms with E-state index in [4.69, 9.17) is 4.74 Å². The van der Waals surface area contributed by atoms with Crippen LogP contribution < -0.4 is 9.64 Å². The summed E-state index contributed by atoms with van der Waals surface area (Å²) in [5, 5.41) is 4.55. The van der Waals surface area contributed by atoms with Crippen molar-refractivity contribution in [3.8, 4) is 16.9 Å². The number of anilines is 1. The van der Waals surface area contributed by atoms with Crippen LogP contribution >= 0.6 is 0 Å². The molecule has 2 heterocycles. The maximum Gasteiger partial charge on any atom is 0.224 e. The fourth-order valence-electron chi connectivity index (χ4n) is 3.94. The fraction of sp³-hybridized carbons (Fsp3) is 0.545. The van der Waals surface area contributed by atoms with Gasteiger partial charge < -0.3 is 9.64 Å². The number of hydrogen-bond acceptors (Lipinski definition) is 3. The average Bonchev–Trinajstić information content (AvgIpc) is 3.36. The molecule has 1 amide bonds. The molecule has 144 valence electrons. The zero-order chi connectivity index (χ0) is 19.1. The first-order valence-electron chi connectivity index (χ1n) is 10.1. The summed E-state index contributed by atoms with van der Waals surface area (Å²) in [4.78, 5) is 14.2. The van der Waals surface area contributed by atoms with Gasteiger partial charge in [0.15, 0.2) is 0 Å². The molecular weight excluding hydrogens is 338 g/mol. The Morgan fingerprint density at radius 3 is 2.74 bits per heavy atom. The van der Waals surface area contributed by atoms with E-state index in [0.717, 1.165) is 41.0 Å². The van der Waals surface area contributed by atoms with E-state index in [9.17, 15) is 4.79 Å². The first-order chi connectivity index (χ1) is 13.0. The van der Waals surface area contributed by atoms with E-state index >= 15 is 0 Å². The van der Waals surface area contributed by atoms with Crippen LogP contribution in [0.15, 0.2) is 24.5 Å². The van der Waals surface area contributed by atoms with Gasteiger partial charge in [0.2, 0.25) is 5.91 Å². The Labute approximate surface area is 161 Å². The molecule has 4 rings (SSSR count). The Hall–Kier alpha value is -2.30. The minimum atomic E-state index is 0.0903. The molecule has 1 aliphatic carbocycles. The molecule has 1 saturated carbocycles. The molecule has 1 aromatic carbocycles. The molecule has 1 aliphatic heterocycles. The summed E-state index contributed by atoms with van der Waals surface area (Å²) >= 11 is 0. The van der Waals surface area contributed by atoms with Gasteiger partial charge in [-0.2, -0.15) is 5.10 Å². The number of hydrogen-bond donors (Lipinski definition) is 0. The molecule has 1 fully saturated rings. The minimum Gasteiger partial charge on any atom is -0.492 e. The van der Waals surface area contributed by atoms with E-state index in [1.807, 2.05) is 11.1 Å². The predicted molar refractivity (Wildman–Crippen MR) is 107 cm³/mol. The van der Waals surface area contributed by atoms with Crippen molar-refractivity contribution in [3.63, 3.8) is 0 Å². The van der Waals surface area contributed by atoms with Gasteiger partial charge in [-0.05, 0) is 50.7 Å². The summed E-state index contributed by atoms with van der Waals surface area (Å²) in [5.41, 5.74) is 4.33. The maximum absolute atomic E-state index is 12.3. The van der Waals surface area contributed by atoms with Crippen molar-refractivity contribution in [2.24, 2.45) is 5.92 Å². The summed E-state index contributed by atoms with van der Waals surface area (Å²) in [6.07, 6.45) is 8.39. The molecule has 0 radical (unpaired) electrons. The van der Waals surface area contributed by atoms with Crippen molar-refractivity contribution in [2.75, 3.05) is 11.5 Å². The Morgan fingerprint density at radius 1 is 1.30 bits per heavy atom. The zero-order valence-corrected chi connectivity index (χ0v) is 16.7. The molecule has 27 heavy (non-hydrogen) atoms. The molecular formula is C22H29N3O2. The van der Waals surface area contributed by atoms with Crippen molar-refractivity contribution in [2.45, 2.75) is 65.5 Å². The highest BCUT2D eigenvalue weighted by molar-refractivity contribution is 5.95. The third-order valence-electron chi connectivity index (χ3n) is 5.48. The van der Waals surface area contributed by atoms with Gasteiger partial charge in [0.25, 0.3) is 0 Å². The molecule has 0 bridgehead atoms. The van der Waals surface area contributed by atoms with E-state index in [-0.39, 0.29) is 11.9 Å². The van der Waals surface area contributed by atoms with Crippen LogP contribution in [0.4, 0.5) is 5.69 Å². The van der Waals surface area contributed by atoms with Crippen LogP contribution in [0.1, 0.15) is 58.6 Å². The van der Waals surface area contributed by atoms with Gasteiger partial charge in [-0.25, -0.2) is 0 Å². The summed E-state index contributed by atoms with van der Waals surface area (Å²) in [5.74, 6) is 1.46. The van der Waals surface area contributed by atoms with Gasteiger partial charge in [0.05, 0.1) is 24.5 Å². The van der Waals surface area contributed by atoms with Gasteiger partial charge in [-0.15, -0.1) is 0 Å². The number of carbonyl (C=O) groups is 1. The zero-order valence-electron chi connectivity index (χ0n) is 16.7. The number of fused-ring (bicyclic) bond motifs is 1. The van der Waals surface area contributed by atoms with Crippen molar-refractivity contribution in [1.29, 1.82) is 0 Å². The topological polar surface area (TPSA) is 47.4 Å². The molecule has 5 nitrogen and oxygen atoms in total. The quantitative estimate of drug-likeness (QED) is 0.775. The number of amides is 1. The van der Waals surface area contributed by atoms with Gasteiger partial charge in [-0.3, -0.25) is 9.48 Å². The van der Waals surface area contributed by atoms with Crippen LogP contribution in [0.25, 0.3) is 11.1 Å². The SMILES string of the molecule is CC(=O)N1c2ccc(-c3cnn(C4CC4)c3)c(OCC(C)C)c2CC[C@@H]1C. The molecule has 1 aromatic heterocycles. The summed E-state index contributed by atoms with van der Waals surface area (Å²) in [6.45, 7) is 8.74. The smallest absolute Gasteiger partial charge is 0.224 e. The first-order valence-corrected chi connectivity index (χ1v) is 10.1. The largest absolute Gasteiger partial charge is 0.492 e. The lowest BCUT2D eigenvalue weighted by Crippen LogP contribution is -2.40. The Kier molecular flexibility index (Phi) is 4.70. The fourth-order valence-corrected chi connectivity index (χ4v) is 3.94. The van der Waals surface area contributed by atoms with Crippen LogP contribution in [0.2, 0.25) is 0 Å². The lowest BCUT2D eigenvalue weighted by molar-refractivity contribution is -0.117. The molecule has 1 atom stereocenters. The second-order valence-corrected chi connectivity index (χ2v) is 8.36. The van der Waals surface area contributed by atoms with Gasteiger partial charge in [0.1, 0.15) is 5.75 Å². The predicted octanol–water partition coefficient (Wildman–Crippen LogP) is 4.61. The normalized spacial score (nSPS) is 19.3. The Morgan fingerprint density at radius 2 is 2.07 bits per heavy atom. The minimum absolute atomic E-state index is 0.0903. The Balaban J connectivity index is 1.79. The number of rotatable bonds is 5. The summed E-state index contributed by atoms with van der Waals surface area (Å²) < 4.78 is 8.40. The molecule has 0 spiro atoms. The molecule has 2 aromatic rings. The van der Waals surface area contributed by atoms with E-state index in [1.165, 1.54) is 12.8 Å². The average molecular weight is 367 g/mol. The summed E-state index contributed by atoms with van der Waals surface area (Å²) in [6, 6.07) is 4.96. The lowest BCUT2D eigenvalue weighted by Gasteiger charge is -2.36. The monoisotopic (exact) mass is 367 g/mol. The van der Waals surface area contributed by atoms with Gasteiger partial charge >= 0.3 is 0 Å². The van der Waals surface area contributed by atoms with E-state index < -0.39 is 0 Å². The summed E-state index contributed by atoms with van der Waals surface area (Å²) in [7, 11) is 0. The third-order valence-corrected chi connectivity index (χ3v) is 5.48. The van der Waals surface area contributed by atoms with Crippen molar-refractivity contribution in [1.82, 2.24) is 9.78 Å². The molecule has 0 N–H and O–H groups in total. The van der Waals surface area contributed by atoms with Gasteiger partial charge in [-0.1, -0.05) is 13.8 Å². The van der Waals surface area contributed by atoms with Gasteiger partial charge in [0, 0.05) is 35.9 Å². The second-order valence-electron chi connectivity index (χ2n) is 8.36. The van der Waals surface area contributed by atoms with E-state index in [1.54, 1.807) is 6.92 Å². The number of benzene rings is 1. The number of aromatic nitrogens is 2. The maximum atomic E-state index is 12.3. The number of carbonyl (C=O) groups excluding carboxylic acids is 1. The number of ether oxygens (including phenoxy) is 1. The standard InChI is InChI=1S/C22H29N3O2/c1-14(2)13-27-22-19(17-11-23-24(12-17)18-6-7-18)9-10-21-20(22)8-5-15(3)25(21)16(4)26/h9-12,14-15,18H,5-8,13H2,1-4H3/t15-/m0/s1. The highest BCUT2D eigenvalue weighted by atomic mass is 16.5. The second kappa shape index (κ2) is 7.02. The van der Waals surface area contributed by atoms with Crippen LogP contribution in [0, 0.1) is 5.92 Å². The molecule has 0 unspecified atom stereocenters. The van der Waals surface area contributed by atoms with E-state index in [2.05, 4.69) is 48.9 Å². The van der Waals surface area contributed by atoms with Crippen molar-refractivity contribution in [3.05, 3.63) is 30.1 Å². The highest BCUT2D eigenvalue weighted by Gasteiger charge is 2.30. The first kappa shape index (κ1) is 18.1.